The van der Waals surface area contributed by atoms with Gasteiger partial charge in [-0.3, -0.25) is 14.3 Å². The second-order valence-electron chi connectivity index (χ2n) is 10.2. The van der Waals surface area contributed by atoms with Crippen LogP contribution in [0.3, 0.4) is 0 Å². The molecule has 3 aromatic carbocycles. The van der Waals surface area contributed by atoms with Gasteiger partial charge in [-0.05, 0) is 67.9 Å². The van der Waals surface area contributed by atoms with E-state index in [0.29, 0.717) is 19.6 Å². The number of piperazine rings is 1. The van der Waals surface area contributed by atoms with Gasteiger partial charge < -0.3 is 9.80 Å². The Balaban J connectivity index is 1.14. The molecule has 0 unspecified atom stereocenters. The molecule has 0 N–H and O–H groups in total. The predicted octanol–water partition coefficient (Wildman–Crippen LogP) is 5.38. The van der Waals surface area contributed by atoms with Crippen molar-refractivity contribution < 1.29 is 9.18 Å². The molecule has 0 bridgehead atoms. The van der Waals surface area contributed by atoms with E-state index in [4.69, 9.17) is 16.6 Å². The highest BCUT2D eigenvalue weighted by molar-refractivity contribution is 6.33. The van der Waals surface area contributed by atoms with Gasteiger partial charge in [0, 0.05) is 38.4 Å². The summed E-state index contributed by atoms with van der Waals surface area (Å²) in [6.07, 6.45) is 1.89. The highest BCUT2D eigenvalue weighted by atomic mass is 35.5. The van der Waals surface area contributed by atoms with Gasteiger partial charge in [0.25, 0.3) is 0 Å². The summed E-state index contributed by atoms with van der Waals surface area (Å²) in [7, 11) is 0. The molecule has 3 heterocycles. The minimum atomic E-state index is -0.259. The summed E-state index contributed by atoms with van der Waals surface area (Å²) < 4.78 is 15.7. The van der Waals surface area contributed by atoms with Crippen molar-refractivity contribution in [1.29, 1.82) is 0 Å². The zero-order valence-corrected chi connectivity index (χ0v) is 22.0. The van der Waals surface area contributed by atoms with E-state index in [0.717, 1.165) is 72.3 Å². The lowest BCUT2D eigenvalue weighted by Gasteiger charge is -2.40. The molecule has 2 aliphatic rings. The van der Waals surface area contributed by atoms with Crippen LogP contribution in [0.25, 0.3) is 16.7 Å². The summed E-state index contributed by atoms with van der Waals surface area (Å²) in [5.41, 5.74) is 3.83. The Morgan fingerprint density at radius 1 is 0.921 bits per heavy atom. The topological polar surface area (TPSA) is 44.6 Å². The maximum Gasteiger partial charge on any atom is 0.227 e. The quantitative estimate of drug-likeness (QED) is 0.347. The number of para-hydroxylation sites is 3. The van der Waals surface area contributed by atoms with Crippen LogP contribution in [0.15, 0.2) is 72.8 Å². The number of piperidine rings is 1. The molecule has 196 valence electrons. The Morgan fingerprint density at radius 2 is 1.66 bits per heavy atom. The molecule has 0 spiro atoms. The first-order valence-electron chi connectivity index (χ1n) is 13.3. The van der Waals surface area contributed by atoms with Gasteiger partial charge in [0.15, 0.2) is 0 Å². The van der Waals surface area contributed by atoms with E-state index in [1.165, 1.54) is 12.1 Å². The molecule has 0 aliphatic carbocycles. The standard InChI is InChI=1S/C30H31ClFN5O/c31-25-7-1-3-9-27(25)35-16-18-36(19-17-35)30(38)22-6-5-15-34(20-22)21-29-33-26-8-2-4-10-28(26)37(29)24-13-11-23(32)12-14-24/h1-4,7-14,22H,5-6,15-21H2/t22-/m0/s1. The van der Waals surface area contributed by atoms with Crippen LogP contribution in [0.1, 0.15) is 18.7 Å². The lowest BCUT2D eigenvalue weighted by atomic mass is 9.96. The zero-order valence-electron chi connectivity index (χ0n) is 21.3. The number of imidazole rings is 1. The normalized spacial score (nSPS) is 18.7. The molecule has 0 saturated carbocycles. The number of carbonyl (C=O) groups excluding carboxylic acids is 1. The molecule has 4 aromatic rings. The molecule has 2 saturated heterocycles. The maximum absolute atomic E-state index is 13.6. The summed E-state index contributed by atoms with van der Waals surface area (Å²) >= 11 is 6.39. The van der Waals surface area contributed by atoms with Gasteiger partial charge >= 0.3 is 0 Å². The largest absolute Gasteiger partial charge is 0.367 e. The average Bonchev–Trinajstić information content (AvgIpc) is 3.31. The Labute approximate surface area is 227 Å². The molecule has 38 heavy (non-hydrogen) atoms. The number of amides is 1. The number of rotatable bonds is 5. The molecule has 1 amide bonds. The second kappa shape index (κ2) is 10.8. The molecule has 8 heteroatoms. The van der Waals surface area contributed by atoms with E-state index in [2.05, 4.69) is 14.4 Å². The number of benzene rings is 3. The van der Waals surface area contributed by atoms with Crippen molar-refractivity contribution in [2.24, 2.45) is 5.92 Å². The van der Waals surface area contributed by atoms with Crippen LogP contribution >= 0.6 is 11.6 Å². The lowest BCUT2D eigenvalue weighted by Crippen LogP contribution is -2.52. The molecule has 1 aromatic heterocycles. The van der Waals surface area contributed by atoms with E-state index in [1.54, 1.807) is 12.1 Å². The van der Waals surface area contributed by atoms with Gasteiger partial charge in [0.2, 0.25) is 5.91 Å². The Morgan fingerprint density at radius 3 is 2.45 bits per heavy atom. The minimum absolute atomic E-state index is 0.0146. The summed E-state index contributed by atoms with van der Waals surface area (Å²) in [6.45, 7) is 5.27. The van der Waals surface area contributed by atoms with Crippen molar-refractivity contribution >= 4 is 34.2 Å². The van der Waals surface area contributed by atoms with Crippen molar-refractivity contribution in [3.8, 4) is 5.69 Å². The fourth-order valence-electron chi connectivity index (χ4n) is 5.80. The first-order valence-corrected chi connectivity index (χ1v) is 13.7. The molecular weight excluding hydrogens is 501 g/mol. The predicted molar refractivity (Wildman–Crippen MR) is 149 cm³/mol. The van der Waals surface area contributed by atoms with Crippen molar-refractivity contribution in [3.05, 3.63) is 89.5 Å². The maximum atomic E-state index is 13.6. The van der Waals surface area contributed by atoms with Gasteiger partial charge in [-0.15, -0.1) is 0 Å². The summed E-state index contributed by atoms with van der Waals surface area (Å²) in [5, 5.41) is 0.752. The van der Waals surface area contributed by atoms with Crippen LogP contribution in [-0.4, -0.2) is 64.5 Å². The van der Waals surface area contributed by atoms with Gasteiger partial charge in [0.05, 0.1) is 34.2 Å². The van der Waals surface area contributed by atoms with Crippen LogP contribution in [0.5, 0.6) is 0 Å². The van der Waals surface area contributed by atoms with Crippen molar-refractivity contribution in [3.63, 3.8) is 0 Å². The van der Waals surface area contributed by atoms with Gasteiger partial charge in [-0.1, -0.05) is 35.9 Å². The number of nitrogens with zero attached hydrogens (tertiary/aromatic N) is 5. The molecule has 6 rings (SSSR count). The number of halogens is 2. The van der Waals surface area contributed by atoms with Gasteiger partial charge in [-0.2, -0.15) is 0 Å². The van der Waals surface area contributed by atoms with Crippen LogP contribution in [0.2, 0.25) is 5.02 Å². The van der Waals surface area contributed by atoms with Crippen molar-refractivity contribution in [1.82, 2.24) is 19.4 Å². The highest BCUT2D eigenvalue weighted by Gasteiger charge is 2.32. The van der Waals surface area contributed by atoms with E-state index < -0.39 is 0 Å². The number of hydrogen-bond donors (Lipinski definition) is 0. The molecule has 2 aliphatic heterocycles. The number of carbonyl (C=O) groups is 1. The first-order chi connectivity index (χ1) is 18.6. The Kier molecular flexibility index (Phi) is 7.04. The van der Waals surface area contributed by atoms with E-state index in [-0.39, 0.29) is 17.6 Å². The minimum Gasteiger partial charge on any atom is -0.367 e. The van der Waals surface area contributed by atoms with Crippen molar-refractivity contribution in [2.75, 3.05) is 44.2 Å². The highest BCUT2D eigenvalue weighted by Crippen LogP contribution is 2.28. The van der Waals surface area contributed by atoms with Crippen molar-refractivity contribution in [2.45, 2.75) is 19.4 Å². The number of likely N-dealkylation sites (tertiary alicyclic amines) is 1. The second-order valence-corrected chi connectivity index (χ2v) is 10.6. The summed E-state index contributed by atoms with van der Waals surface area (Å²) in [6, 6.07) is 22.5. The number of fused-ring (bicyclic) bond motifs is 1. The summed E-state index contributed by atoms with van der Waals surface area (Å²) in [4.78, 5) is 25.1. The number of hydrogen-bond acceptors (Lipinski definition) is 4. The number of aromatic nitrogens is 2. The third-order valence-corrected chi connectivity index (χ3v) is 8.04. The fourth-order valence-corrected chi connectivity index (χ4v) is 6.05. The molecule has 1 atom stereocenters. The van der Waals surface area contributed by atoms with Crippen LogP contribution in [0, 0.1) is 11.7 Å². The van der Waals surface area contributed by atoms with Gasteiger partial charge in [-0.25, -0.2) is 9.37 Å². The first kappa shape index (κ1) is 24.9. The molecule has 0 radical (unpaired) electrons. The lowest BCUT2D eigenvalue weighted by molar-refractivity contribution is -0.137. The fraction of sp³-hybridized carbons (Fsp3) is 0.333. The zero-order chi connectivity index (χ0) is 26.1. The molecule has 6 nitrogen and oxygen atoms in total. The SMILES string of the molecule is O=C([C@H]1CCCN(Cc2nc3ccccc3n2-c2ccc(F)cc2)C1)N1CCN(c2ccccc2Cl)CC1. The van der Waals surface area contributed by atoms with Gasteiger partial charge in [0.1, 0.15) is 11.6 Å². The monoisotopic (exact) mass is 531 g/mol. The van der Waals surface area contributed by atoms with Crippen LogP contribution in [-0.2, 0) is 11.3 Å². The number of anilines is 1. The smallest absolute Gasteiger partial charge is 0.227 e. The average molecular weight is 532 g/mol. The van der Waals surface area contributed by atoms with E-state index in [9.17, 15) is 9.18 Å². The Hall–Kier alpha value is -3.42. The third-order valence-electron chi connectivity index (χ3n) is 7.72. The molecule has 2 fully saturated rings. The molecular formula is C30H31ClFN5O. The summed E-state index contributed by atoms with van der Waals surface area (Å²) in [5.74, 6) is 0.879. The Bertz CT molecular complexity index is 1430. The van der Waals surface area contributed by atoms with Crippen LogP contribution < -0.4 is 4.90 Å². The van der Waals surface area contributed by atoms with E-state index >= 15 is 0 Å². The van der Waals surface area contributed by atoms with Crippen LogP contribution in [0.4, 0.5) is 10.1 Å². The third kappa shape index (κ3) is 5.00. The van der Waals surface area contributed by atoms with E-state index in [1.807, 2.05) is 53.4 Å².